The van der Waals surface area contributed by atoms with Gasteiger partial charge < -0.3 is 20.0 Å². The predicted octanol–water partition coefficient (Wildman–Crippen LogP) is 1.07. The second kappa shape index (κ2) is 10.1. The van der Waals surface area contributed by atoms with Crippen LogP contribution in [0.1, 0.15) is 16.1 Å². The third kappa shape index (κ3) is 5.43. The number of piperazine rings is 1. The van der Waals surface area contributed by atoms with Crippen LogP contribution in [0.2, 0.25) is 0 Å². The molecule has 1 saturated heterocycles. The number of furan rings is 1. The van der Waals surface area contributed by atoms with Gasteiger partial charge in [0, 0.05) is 45.8 Å². The summed E-state index contributed by atoms with van der Waals surface area (Å²) in [5.41, 5.74) is 6.98. The van der Waals surface area contributed by atoms with Crippen molar-refractivity contribution in [3.63, 3.8) is 0 Å². The Hall–Kier alpha value is -2.64. The fourth-order valence-electron chi connectivity index (χ4n) is 3.39. The molecule has 3 rings (SSSR count). The van der Waals surface area contributed by atoms with E-state index >= 15 is 0 Å². The molecule has 0 bridgehead atoms. The maximum Gasteiger partial charge on any atom is 0.289 e. The van der Waals surface area contributed by atoms with E-state index in [-0.39, 0.29) is 11.8 Å². The van der Waals surface area contributed by atoms with Crippen molar-refractivity contribution < 1.29 is 14.0 Å². The highest BCUT2D eigenvalue weighted by molar-refractivity contribution is 5.91. The van der Waals surface area contributed by atoms with Crippen molar-refractivity contribution >= 4 is 11.8 Å². The van der Waals surface area contributed by atoms with Crippen molar-refractivity contribution in [1.82, 2.24) is 14.7 Å². The lowest BCUT2D eigenvalue weighted by molar-refractivity contribution is -0.133. The van der Waals surface area contributed by atoms with E-state index in [4.69, 9.17) is 10.2 Å². The summed E-state index contributed by atoms with van der Waals surface area (Å²) < 4.78 is 5.18. The van der Waals surface area contributed by atoms with Crippen LogP contribution >= 0.6 is 0 Å². The standard InChI is InChI=1S/C21H28N4O3/c22-9-11-23(10-8-18-5-2-1-3-6-18)17-20(26)24-12-14-25(15-13-24)21(27)19-7-4-16-28-19/h1-7,16H,8-15,17,22H2. The summed E-state index contributed by atoms with van der Waals surface area (Å²) in [6.07, 6.45) is 2.38. The molecule has 0 atom stereocenters. The minimum Gasteiger partial charge on any atom is -0.459 e. The van der Waals surface area contributed by atoms with Gasteiger partial charge in [-0.3, -0.25) is 14.5 Å². The number of amides is 2. The third-order valence-corrected chi connectivity index (χ3v) is 5.02. The second-order valence-electron chi connectivity index (χ2n) is 6.95. The van der Waals surface area contributed by atoms with Gasteiger partial charge in [-0.25, -0.2) is 0 Å². The van der Waals surface area contributed by atoms with Crippen molar-refractivity contribution in [2.75, 3.05) is 52.4 Å². The van der Waals surface area contributed by atoms with Gasteiger partial charge in [0.25, 0.3) is 5.91 Å². The second-order valence-corrected chi connectivity index (χ2v) is 6.95. The smallest absolute Gasteiger partial charge is 0.289 e. The fraction of sp³-hybridized carbons (Fsp3) is 0.429. The van der Waals surface area contributed by atoms with Crippen LogP contribution in [-0.4, -0.2) is 78.9 Å². The molecule has 1 aliphatic rings. The van der Waals surface area contributed by atoms with E-state index in [0.29, 0.717) is 51.6 Å². The first-order valence-corrected chi connectivity index (χ1v) is 9.74. The van der Waals surface area contributed by atoms with E-state index in [9.17, 15) is 9.59 Å². The van der Waals surface area contributed by atoms with Gasteiger partial charge in [-0.05, 0) is 24.1 Å². The highest BCUT2D eigenvalue weighted by Crippen LogP contribution is 2.10. The van der Waals surface area contributed by atoms with E-state index < -0.39 is 0 Å². The Kier molecular flexibility index (Phi) is 7.22. The molecule has 0 unspecified atom stereocenters. The van der Waals surface area contributed by atoms with Crippen LogP contribution in [0, 0.1) is 0 Å². The monoisotopic (exact) mass is 384 g/mol. The minimum atomic E-state index is -0.121. The van der Waals surface area contributed by atoms with Gasteiger partial charge in [0.05, 0.1) is 12.8 Å². The van der Waals surface area contributed by atoms with Gasteiger partial charge >= 0.3 is 0 Å². The number of hydrogen-bond donors (Lipinski definition) is 1. The normalized spacial score (nSPS) is 14.5. The molecule has 150 valence electrons. The van der Waals surface area contributed by atoms with Crippen molar-refractivity contribution in [1.29, 1.82) is 0 Å². The number of carbonyl (C=O) groups is 2. The lowest BCUT2D eigenvalue weighted by Crippen LogP contribution is -2.53. The molecule has 7 heteroatoms. The summed E-state index contributed by atoms with van der Waals surface area (Å²) >= 11 is 0. The number of nitrogens with zero attached hydrogens (tertiary/aromatic N) is 3. The summed E-state index contributed by atoms with van der Waals surface area (Å²) in [7, 11) is 0. The SMILES string of the molecule is NCCN(CCc1ccccc1)CC(=O)N1CCN(C(=O)c2ccco2)CC1. The summed E-state index contributed by atoms with van der Waals surface area (Å²) in [4.78, 5) is 30.7. The van der Waals surface area contributed by atoms with Crippen molar-refractivity contribution in [2.45, 2.75) is 6.42 Å². The minimum absolute atomic E-state index is 0.0895. The van der Waals surface area contributed by atoms with Crippen LogP contribution in [0.25, 0.3) is 0 Å². The molecule has 2 aromatic rings. The molecule has 2 heterocycles. The fourth-order valence-corrected chi connectivity index (χ4v) is 3.39. The molecule has 1 fully saturated rings. The van der Waals surface area contributed by atoms with E-state index in [2.05, 4.69) is 17.0 Å². The number of rotatable bonds is 8. The maximum atomic E-state index is 12.7. The van der Waals surface area contributed by atoms with Crippen LogP contribution in [0.5, 0.6) is 0 Å². The zero-order valence-electron chi connectivity index (χ0n) is 16.1. The van der Waals surface area contributed by atoms with Crippen molar-refractivity contribution in [3.05, 3.63) is 60.1 Å². The van der Waals surface area contributed by atoms with E-state index in [1.807, 2.05) is 23.1 Å². The summed E-state index contributed by atoms with van der Waals surface area (Å²) in [6.45, 7) is 4.49. The van der Waals surface area contributed by atoms with E-state index in [0.717, 1.165) is 13.0 Å². The first-order valence-electron chi connectivity index (χ1n) is 9.74. The van der Waals surface area contributed by atoms with Crippen LogP contribution in [0.15, 0.2) is 53.1 Å². The van der Waals surface area contributed by atoms with E-state index in [1.165, 1.54) is 11.8 Å². The van der Waals surface area contributed by atoms with E-state index in [1.54, 1.807) is 17.0 Å². The molecule has 2 amide bonds. The first kappa shape index (κ1) is 20.1. The summed E-state index contributed by atoms with van der Waals surface area (Å²) in [5.74, 6) is 0.311. The Balaban J connectivity index is 1.47. The third-order valence-electron chi connectivity index (χ3n) is 5.02. The van der Waals surface area contributed by atoms with Gasteiger partial charge in [0.15, 0.2) is 5.76 Å². The predicted molar refractivity (Wildman–Crippen MR) is 107 cm³/mol. The Morgan fingerprint density at radius 3 is 2.32 bits per heavy atom. The zero-order chi connectivity index (χ0) is 19.8. The Morgan fingerprint density at radius 2 is 1.68 bits per heavy atom. The van der Waals surface area contributed by atoms with Crippen LogP contribution in [0.3, 0.4) is 0 Å². The number of carbonyl (C=O) groups excluding carboxylic acids is 2. The van der Waals surface area contributed by atoms with Crippen LogP contribution in [0.4, 0.5) is 0 Å². The summed E-state index contributed by atoms with van der Waals surface area (Å²) in [6, 6.07) is 13.6. The highest BCUT2D eigenvalue weighted by atomic mass is 16.3. The summed E-state index contributed by atoms with van der Waals surface area (Å²) in [5, 5.41) is 0. The maximum absolute atomic E-state index is 12.7. The average Bonchev–Trinajstić information content (AvgIpc) is 3.27. The van der Waals surface area contributed by atoms with Crippen LogP contribution in [-0.2, 0) is 11.2 Å². The molecular weight excluding hydrogens is 356 g/mol. The van der Waals surface area contributed by atoms with Gasteiger partial charge in [0.2, 0.25) is 5.91 Å². The lowest BCUT2D eigenvalue weighted by atomic mass is 10.1. The molecule has 28 heavy (non-hydrogen) atoms. The Morgan fingerprint density at radius 1 is 0.964 bits per heavy atom. The highest BCUT2D eigenvalue weighted by Gasteiger charge is 2.26. The topological polar surface area (TPSA) is 83.0 Å². The Bertz CT molecular complexity index is 740. The Labute approximate surface area is 165 Å². The number of hydrogen-bond acceptors (Lipinski definition) is 5. The molecule has 1 aromatic carbocycles. The molecule has 2 N–H and O–H groups in total. The molecule has 7 nitrogen and oxygen atoms in total. The van der Waals surface area contributed by atoms with Gasteiger partial charge in [-0.1, -0.05) is 30.3 Å². The molecule has 1 aliphatic heterocycles. The quantitative estimate of drug-likeness (QED) is 0.736. The average molecular weight is 384 g/mol. The molecule has 0 saturated carbocycles. The molecule has 0 aliphatic carbocycles. The molecular formula is C21H28N4O3. The number of nitrogens with two attached hydrogens (primary N) is 1. The molecule has 0 radical (unpaired) electrons. The first-order chi connectivity index (χ1) is 13.7. The zero-order valence-corrected chi connectivity index (χ0v) is 16.1. The van der Waals surface area contributed by atoms with Gasteiger partial charge in [-0.15, -0.1) is 0 Å². The van der Waals surface area contributed by atoms with Gasteiger partial charge in [-0.2, -0.15) is 0 Å². The lowest BCUT2D eigenvalue weighted by Gasteiger charge is -2.35. The van der Waals surface area contributed by atoms with Crippen LogP contribution < -0.4 is 5.73 Å². The largest absolute Gasteiger partial charge is 0.459 e. The van der Waals surface area contributed by atoms with Gasteiger partial charge in [0.1, 0.15) is 0 Å². The van der Waals surface area contributed by atoms with Crippen molar-refractivity contribution in [3.8, 4) is 0 Å². The molecule has 1 aromatic heterocycles. The van der Waals surface area contributed by atoms with Crippen molar-refractivity contribution in [2.24, 2.45) is 5.73 Å². The number of benzene rings is 1. The molecule has 0 spiro atoms.